The molecule has 1 aliphatic heterocycles. The summed E-state index contributed by atoms with van der Waals surface area (Å²) in [6.45, 7) is 0.936. The molecule has 1 aromatic heterocycles. The second-order valence-corrected chi connectivity index (χ2v) is 6.68. The number of carbonyl (C=O) groups is 1. The van der Waals surface area contributed by atoms with E-state index in [2.05, 4.69) is 10.1 Å². The Kier molecular flexibility index (Phi) is 5.16. The molecule has 0 saturated heterocycles. The molecule has 0 atom stereocenters. The third kappa shape index (κ3) is 3.80. The number of methoxy groups -OCH3 is 1. The molecule has 0 spiro atoms. The van der Waals surface area contributed by atoms with Crippen LogP contribution in [-0.4, -0.2) is 36.3 Å². The van der Waals surface area contributed by atoms with Gasteiger partial charge in [0, 0.05) is 29.5 Å². The Morgan fingerprint density at radius 1 is 1.25 bits per heavy atom. The molecular weight excluding hydrogens is 382 g/mol. The Balaban J connectivity index is 1.44. The summed E-state index contributed by atoms with van der Waals surface area (Å²) in [5, 5.41) is 4.61. The quantitative estimate of drug-likeness (QED) is 0.650. The average Bonchev–Trinajstić information content (AvgIpc) is 3.20. The number of halogens is 1. The molecule has 2 heterocycles. The molecule has 0 fully saturated rings. The van der Waals surface area contributed by atoms with Crippen LogP contribution in [0, 0.1) is 0 Å². The standard InChI is InChI=1S/C20H18ClN3O4/c1-26-15-6-7-17-16(12-15)24(10-11-27-17)19(25)9-8-18-22-20(23-28-18)13-2-4-14(21)5-3-13/h2-7,12H,8-11H2,1H3. The van der Waals surface area contributed by atoms with Crippen molar-refractivity contribution < 1.29 is 18.8 Å². The Morgan fingerprint density at radius 3 is 2.86 bits per heavy atom. The first kappa shape index (κ1) is 18.3. The van der Waals surface area contributed by atoms with Crippen molar-refractivity contribution in [2.75, 3.05) is 25.2 Å². The van der Waals surface area contributed by atoms with E-state index in [1.807, 2.05) is 24.3 Å². The van der Waals surface area contributed by atoms with Crippen molar-refractivity contribution in [1.29, 1.82) is 0 Å². The van der Waals surface area contributed by atoms with Crippen molar-refractivity contribution in [2.45, 2.75) is 12.8 Å². The van der Waals surface area contributed by atoms with Gasteiger partial charge in [-0.3, -0.25) is 4.79 Å². The average molecular weight is 400 g/mol. The van der Waals surface area contributed by atoms with E-state index in [9.17, 15) is 4.79 Å². The molecule has 1 aliphatic rings. The molecule has 8 heteroatoms. The lowest BCUT2D eigenvalue weighted by atomic mass is 10.2. The zero-order valence-electron chi connectivity index (χ0n) is 15.2. The minimum Gasteiger partial charge on any atom is -0.497 e. The van der Waals surface area contributed by atoms with E-state index in [1.54, 1.807) is 30.2 Å². The number of ether oxygens (including phenoxy) is 2. The Hall–Kier alpha value is -3.06. The topological polar surface area (TPSA) is 77.7 Å². The van der Waals surface area contributed by atoms with Gasteiger partial charge in [-0.1, -0.05) is 16.8 Å². The molecular formula is C20H18ClN3O4. The first-order valence-corrected chi connectivity index (χ1v) is 9.21. The zero-order valence-corrected chi connectivity index (χ0v) is 16.0. The number of benzene rings is 2. The fourth-order valence-corrected chi connectivity index (χ4v) is 3.13. The van der Waals surface area contributed by atoms with Gasteiger partial charge in [0.1, 0.15) is 18.1 Å². The molecule has 0 saturated carbocycles. The van der Waals surface area contributed by atoms with Crippen molar-refractivity contribution >= 4 is 23.2 Å². The van der Waals surface area contributed by atoms with Crippen LogP contribution in [0.15, 0.2) is 47.0 Å². The van der Waals surface area contributed by atoms with E-state index < -0.39 is 0 Å². The van der Waals surface area contributed by atoms with Crippen LogP contribution in [0.2, 0.25) is 5.02 Å². The number of amides is 1. The van der Waals surface area contributed by atoms with Crippen LogP contribution in [0.3, 0.4) is 0 Å². The van der Waals surface area contributed by atoms with Crippen LogP contribution in [0.25, 0.3) is 11.4 Å². The molecule has 144 valence electrons. The highest BCUT2D eigenvalue weighted by Crippen LogP contribution is 2.35. The van der Waals surface area contributed by atoms with Gasteiger partial charge < -0.3 is 18.9 Å². The summed E-state index contributed by atoms with van der Waals surface area (Å²) in [6.07, 6.45) is 0.606. The summed E-state index contributed by atoms with van der Waals surface area (Å²) in [4.78, 5) is 18.8. The number of hydrogen-bond acceptors (Lipinski definition) is 6. The SMILES string of the molecule is COc1ccc2c(c1)N(C(=O)CCc1nc(-c3ccc(Cl)cc3)no1)CCO2. The Morgan fingerprint density at radius 2 is 2.07 bits per heavy atom. The van der Waals surface area contributed by atoms with Gasteiger partial charge in [0.2, 0.25) is 17.6 Å². The minimum atomic E-state index is -0.0379. The van der Waals surface area contributed by atoms with Gasteiger partial charge >= 0.3 is 0 Å². The molecule has 7 nitrogen and oxygen atoms in total. The van der Waals surface area contributed by atoms with Gasteiger partial charge in [-0.25, -0.2) is 0 Å². The van der Waals surface area contributed by atoms with Crippen molar-refractivity contribution in [3.05, 3.63) is 53.4 Å². The Bertz CT molecular complexity index is 987. The summed E-state index contributed by atoms with van der Waals surface area (Å²) in [7, 11) is 1.59. The van der Waals surface area contributed by atoms with Crippen molar-refractivity contribution in [3.8, 4) is 22.9 Å². The number of nitrogens with zero attached hydrogens (tertiary/aromatic N) is 3. The van der Waals surface area contributed by atoms with E-state index in [1.165, 1.54) is 0 Å². The van der Waals surface area contributed by atoms with Crippen LogP contribution < -0.4 is 14.4 Å². The first-order valence-electron chi connectivity index (χ1n) is 8.84. The predicted molar refractivity (Wildman–Crippen MR) is 104 cm³/mol. The van der Waals surface area contributed by atoms with Crippen LogP contribution in [0.1, 0.15) is 12.3 Å². The zero-order chi connectivity index (χ0) is 19.5. The maximum absolute atomic E-state index is 12.8. The fourth-order valence-electron chi connectivity index (χ4n) is 3.00. The Labute approximate surface area is 166 Å². The number of rotatable bonds is 5. The van der Waals surface area contributed by atoms with Crippen molar-refractivity contribution in [1.82, 2.24) is 10.1 Å². The van der Waals surface area contributed by atoms with Crippen LogP contribution in [0.4, 0.5) is 5.69 Å². The minimum absolute atomic E-state index is 0.0379. The van der Waals surface area contributed by atoms with Crippen LogP contribution in [-0.2, 0) is 11.2 Å². The highest BCUT2D eigenvalue weighted by atomic mass is 35.5. The molecule has 0 radical (unpaired) electrons. The normalized spacial score (nSPS) is 13.0. The summed E-state index contributed by atoms with van der Waals surface area (Å²) in [5.41, 5.74) is 1.52. The van der Waals surface area contributed by atoms with Gasteiger partial charge in [0.25, 0.3) is 0 Å². The predicted octanol–water partition coefficient (Wildman–Crippen LogP) is 3.76. The highest BCUT2D eigenvalue weighted by Gasteiger charge is 2.24. The number of aromatic nitrogens is 2. The number of fused-ring (bicyclic) bond motifs is 1. The van der Waals surface area contributed by atoms with Crippen molar-refractivity contribution in [2.24, 2.45) is 0 Å². The molecule has 0 N–H and O–H groups in total. The van der Waals surface area contributed by atoms with Crippen molar-refractivity contribution in [3.63, 3.8) is 0 Å². The maximum atomic E-state index is 12.8. The molecule has 0 bridgehead atoms. The first-order chi connectivity index (χ1) is 13.6. The summed E-state index contributed by atoms with van der Waals surface area (Å²) < 4.78 is 16.2. The van der Waals surface area contributed by atoms with Gasteiger partial charge in [-0.15, -0.1) is 0 Å². The number of hydrogen-bond donors (Lipinski definition) is 0. The third-order valence-electron chi connectivity index (χ3n) is 4.45. The third-order valence-corrected chi connectivity index (χ3v) is 4.71. The molecule has 28 heavy (non-hydrogen) atoms. The molecule has 3 aromatic rings. The van der Waals surface area contributed by atoms with E-state index >= 15 is 0 Å². The number of anilines is 1. The number of aryl methyl sites for hydroxylation is 1. The molecule has 2 aromatic carbocycles. The van der Waals surface area contributed by atoms with Gasteiger partial charge in [-0.2, -0.15) is 4.98 Å². The highest BCUT2D eigenvalue weighted by molar-refractivity contribution is 6.30. The second-order valence-electron chi connectivity index (χ2n) is 6.25. The number of carbonyl (C=O) groups excluding carboxylic acids is 1. The lowest BCUT2D eigenvalue weighted by Gasteiger charge is -2.29. The van der Waals surface area contributed by atoms with Gasteiger partial charge in [-0.05, 0) is 36.4 Å². The summed E-state index contributed by atoms with van der Waals surface area (Å²) in [6, 6.07) is 12.6. The summed E-state index contributed by atoms with van der Waals surface area (Å²) >= 11 is 5.89. The molecule has 1 amide bonds. The monoisotopic (exact) mass is 399 g/mol. The largest absolute Gasteiger partial charge is 0.497 e. The molecule has 4 rings (SSSR count). The van der Waals surface area contributed by atoms with Crippen LogP contribution in [0.5, 0.6) is 11.5 Å². The van der Waals surface area contributed by atoms with E-state index in [0.717, 1.165) is 5.56 Å². The molecule has 0 unspecified atom stereocenters. The lowest BCUT2D eigenvalue weighted by molar-refractivity contribution is -0.118. The fraction of sp³-hybridized carbons (Fsp3) is 0.250. The lowest BCUT2D eigenvalue weighted by Crippen LogP contribution is -2.38. The van der Waals surface area contributed by atoms with E-state index in [4.69, 9.17) is 25.6 Å². The molecule has 0 aliphatic carbocycles. The smallest absolute Gasteiger partial charge is 0.227 e. The second kappa shape index (κ2) is 7.90. The van der Waals surface area contributed by atoms with E-state index in [0.29, 0.717) is 53.5 Å². The van der Waals surface area contributed by atoms with E-state index in [-0.39, 0.29) is 12.3 Å². The maximum Gasteiger partial charge on any atom is 0.227 e. The van der Waals surface area contributed by atoms with Crippen LogP contribution >= 0.6 is 11.6 Å². The van der Waals surface area contributed by atoms with Gasteiger partial charge in [0.15, 0.2) is 0 Å². The summed E-state index contributed by atoms with van der Waals surface area (Å²) in [5.74, 6) is 2.19. The van der Waals surface area contributed by atoms with Gasteiger partial charge in [0.05, 0.1) is 19.3 Å².